The molecular weight excluding hydrogens is 346 g/mol. The number of ether oxygens (including phenoxy) is 1. The quantitative estimate of drug-likeness (QED) is 0.407. The van der Waals surface area contributed by atoms with Crippen LogP contribution in [-0.2, 0) is 23.8 Å². The summed E-state index contributed by atoms with van der Waals surface area (Å²) >= 11 is 0. The molecule has 0 aliphatic heterocycles. The summed E-state index contributed by atoms with van der Waals surface area (Å²) < 4.78 is 27.4. The summed E-state index contributed by atoms with van der Waals surface area (Å²) in [6, 6.07) is 10.3. The molecule has 0 N–H and O–H groups in total. The van der Waals surface area contributed by atoms with Gasteiger partial charge in [0.05, 0.1) is 5.95 Å². The van der Waals surface area contributed by atoms with Crippen LogP contribution < -0.4 is 24.0 Å². The third-order valence-corrected chi connectivity index (χ3v) is 6.73. The van der Waals surface area contributed by atoms with Crippen molar-refractivity contribution >= 4 is 7.60 Å². The smallest absolute Gasteiger partial charge is 0.609 e. The van der Waals surface area contributed by atoms with E-state index in [0.29, 0.717) is 0 Å². The molecule has 1 saturated carbocycles. The average molecular weight is 374 g/mol. The third kappa shape index (κ3) is 5.65. The van der Waals surface area contributed by atoms with E-state index in [1.54, 1.807) is 0 Å². The maximum atomic E-state index is 12.2. The van der Waals surface area contributed by atoms with Crippen molar-refractivity contribution in [1.82, 2.24) is 0 Å². The summed E-state index contributed by atoms with van der Waals surface area (Å²) in [5.41, 5.74) is 1.10. The Labute approximate surface area is 168 Å². The Kier molecular flexibility index (Phi) is 8.99. The van der Waals surface area contributed by atoms with E-state index < -0.39 is 13.5 Å². The minimum absolute atomic E-state index is 0. The normalized spacial score (nSPS) is 21.8. The van der Waals surface area contributed by atoms with Crippen LogP contribution in [0.15, 0.2) is 42.1 Å². The molecule has 0 heterocycles. The van der Waals surface area contributed by atoms with Crippen molar-refractivity contribution in [2.75, 3.05) is 14.2 Å². The fourth-order valence-electron chi connectivity index (χ4n) is 3.63. The van der Waals surface area contributed by atoms with Crippen molar-refractivity contribution in [2.24, 2.45) is 5.92 Å². The van der Waals surface area contributed by atoms with Crippen LogP contribution in [0, 0.1) is 5.92 Å². The van der Waals surface area contributed by atoms with E-state index in [1.807, 2.05) is 18.2 Å². The maximum Gasteiger partial charge on any atom is 1.00 e. The predicted octanol–water partition coefficient (Wildman–Crippen LogP) is 1.19. The first-order valence-corrected chi connectivity index (χ1v) is 10.3. The molecule has 0 aromatic heterocycles. The molecule has 2 rings (SSSR count). The zero-order valence-electron chi connectivity index (χ0n) is 16.4. The summed E-state index contributed by atoms with van der Waals surface area (Å²) in [6.45, 7) is 4.39. The van der Waals surface area contributed by atoms with Crippen molar-refractivity contribution in [2.45, 2.75) is 51.0 Å². The zero-order chi connectivity index (χ0) is 18.5. The van der Waals surface area contributed by atoms with Gasteiger partial charge in [0.2, 0.25) is 0 Å². The van der Waals surface area contributed by atoms with E-state index in [2.05, 4.69) is 26.0 Å². The average Bonchev–Trinajstić information content (AvgIpc) is 2.62. The van der Waals surface area contributed by atoms with E-state index in [0.717, 1.165) is 31.5 Å². The largest absolute Gasteiger partial charge is 1.00 e. The molecule has 1 aromatic rings. The first kappa shape index (κ1) is 23.3. The van der Waals surface area contributed by atoms with Crippen LogP contribution in [0.4, 0.5) is 0 Å². The van der Waals surface area contributed by atoms with Gasteiger partial charge in [0.25, 0.3) is 0 Å². The molecule has 0 bridgehead atoms. The molecule has 140 valence electrons. The van der Waals surface area contributed by atoms with E-state index in [9.17, 15) is 9.67 Å². The zero-order valence-corrected chi connectivity index (χ0v) is 17.3. The van der Waals surface area contributed by atoms with Gasteiger partial charge < -0.3 is 18.9 Å². The summed E-state index contributed by atoms with van der Waals surface area (Å²) in [5, 5.41) is 12.2. The second kappa shape index (κ2) is 10.0. The van der Waals surface area contributed by atoms with Gasteiger partial charge in [-0.3, -0.25) is 4.57 Å². The van der Waals surface area contributed by atoms with Gasteiger partial charge in [-0.15, -0.1) is 0 Å². The molecule has 7 heteroatoms. The molecule has 1 aromatic carbocycles. The van der Waals surface area contributed by atoms with E-state index in [1.165, 1.54) is 19.8 Å². The topological polar surface area (TPSA) is 67.8 Å². The van der Waals surface area contributed by atoms with Crippen molar-refractivity contribution in [3.63, 3.8) is 0 Å². The monoisotopic (exact) mass is 374 g/mol. The van der Waals surface area contributed by atoms with Gasteiger partial charge in [-0.1, -0.05) is 57.0 Å². The molecular formula is C19H28LiO5P. The molecule has 0 spiro atoms. The molecule has 26 heavy (non-hydrogen) atoms. The van der Waals surface area contributed by atoms with Crippen molar-refractivity contribution < 1.29 is 42.3 Å². The summed E-state index contributed by atoms with van der Waals surface area (Å²) in [7, 11) is -1.03. The molecule has 2 atom stereocenters. The second-order valence-corrected chi connectivity index (χ2v) is 9.06. The fraction of sp³-hybridized carbons (Fsp3) is 0.579. The SMILES string of the molecule is COP(=O)(/C=C(\[O-])O[C@H]1CCCC[C@@H]1C(C)(C)c1ccccc1)OC.[Li+]. The van der Waals surface area contributed by atoms with Gasteiger partial charge in [-0.2, -0.15) is 0 Å². The second-order valence-electron chi connectivity index (χ2n) is 6.99. The van der Waals surface area contributed by atoms with Crippen LogP contribution in [0.2, 0.25) is 0 Å². The van der Waals surface area contributed by atoms with Gasteiger partial charge in [-0.05, 0) is 29.7 Å². The Morgan fingerprint density at radius 3 is 2.31 bits per heavy atom. The number of rotatable bonds is 7. The summed E-state index contributed by atoms with van der Waals surface area (Å²) in [6.07, 6.45) is 3.73. The standard InChI is InChI=1S/C19H29O5P.Li/c1-19(2,15-10-6-5-7-11-15)16-12-8-9-13-17(16)24-18(20)14-25(21,22-3)23-4;/h5-7,10-11,14,16-17,20H,8-9,12-13H2,1-4H3;/q;+1/p-1/b18-14+;/t16-,17-;/m0./s1. The van der Waals surface area contributed by atoms with Crippen molar-refractivity contribution in [1.29, 1.82) is 0 Å². The first-order chi connectivity index (χ1) is 11.8. The maximum absolute atomic E-state index is 12.2. The van der Waals surface area contributed by atoms with Gasteiger partial charge >= 0.3 is 26.5 Å². The minimum atomic E-state index is -3.52. The van der Waals surface area contributed by atoms with Crippen LogP contribution in [0.1, 0.15) is 45.1 Å². The van der Waals surface area contributed by atoms with Crippen LogP contribution in [0.25, 0.3) is 0 Å². The van der Waals surface area contributed by atoms with Gasteiger partial charge in [0.15, 0.2) is 0 Å². The Morgan fingerprint density at radius 2 is 1.73 bits per heavy atom. The van der Waals surface area contributed by atoms with E-state index >= 15 is 0 Å². The Balaban J connectivity index is 0.00000338. The van der Waals surface area contributed by atoms with Gasteiger partial charge in [-0.25, -0.2) is 0 Å². The molecule has 1 aliphatic carbocycles. The number of benzene rings is 1. The third-order valence-electron chi connectivity index (χ3n) is 5.19. The van der Waals surface area contributed by atoms with Gasteiger partial charge in [0.1, 0.15) is 0 Å². The minimum Gasteiger partial charge on any atom is -0.609 e. The van der Waals surface area contributed by atoms with Crippen molar-refractivity contribution in [3.8, 4) is 0 Å². The summed E-state index contributed by atoms with van der Waals surface area (Å²) in [5.74, 6) is 0.479. The Morgan fingerprint density at radius 1 is 1.15 bits per heavy atom. The molecule has 1 fully saturated rings. The molecule has 0 amide bonds. The number of hydrogen-bond acceptors (Lipinski definition) is 5. The van der Waals surface area contributed by atoms with Crippen LogP contribution in [0.3, 0.4) is 0 Å². The molecule has 5 nitrogen and oxygen atoms in total. The van der Waals surface area contributed by atoms with Crippen LogP contribution in [-0.4, -0.2) is 20.3 Å². The molecule has 0 unspecified atom stereocenters. The first-order valence-electron chi connectivity index (χ1n) is 8.65. The summed E-state index contributed by atoms with van der Waals surface area (Å²) in [4.78, 5) is 0. The van der Waals surface area contributed by atoms with Crippen LogP contribution in [0.5, 0.6) is 0 Å². The van der Waals surface area contributed by atoms with Crippen molar-refractivity contribution in [3.05, 3.63) is 47.7 Å². The Bertz CT molecular complexity index is 624. The number of hydrogen-bond donors (Lipinski definition) is 0. The molecule has 0 radical (unpaired) electrons. The predicted molar refractivity (Wildman–Crippen MR) is 96.0 cm³/mol. The molecule has 1 aliphatic rings. The van der Waals surface area contributed by atoms with Crippen LogP contribution >= 0.6 is 7.60 Å². The van der Waals surface area contributed by atoms with Gasteiger partial charge in [0, 0.05) is 26.1 Å². The Hall–Kier alpha value is -0.693. The fourth-order valence-corrected chi connectivity index (χ4v) is 4.31. The molecule has 0 saturated heterocycles. The van der Waals surface area contributed by atoms with E-state index in [4.69, 9.17) is 13.8 Å². The van der Waals surface area contributed by atoms with E-state index in [-0.39, 0.29) is 36.3 Å².